The van der Waals surface area contributed by atoms with Gasteiger partial charge < -0.3 is 79.5 Å². The molecule has 2 amide bonds. The number of benzene rings is 1. The number of carbonyl (C=O) groups excluding carboxylic acids is 2. The molecule has 0 spiro atoms. The molecule has 0 saturated carbocycles. The van der Waals surface area contributed by atoms with E-state index < -0.39 is 117 Å². The molecule has 3 aliphatic rings. The molecule has 3 heterocycles. The molecular weight excluding hydrogens is 632 g/mol. The second kappa shape index (κ2) is 16.1. The van der Waals surface area contributed by atoms with E-state index in [2.05, 4.69) is 10.6 Å². The predicted molar refractivity (Wildman–Crippen MR) is 154 cm³/mol. The molecule has 1 aromatic rings. The molecule has 3 fully saturated rings. The third kappa shape index (κ3) is 8.48. The largest absolute Gasteiger partial charge is 0.497 e. The van der Waals surface area contributed by atoms with Crippen molar-refractivity contribution in [3.8, 4) is 11.5 Å². The Labute approximate surface area is 270 Å². The number of methoxy groups -OCH3 is 1. The van der Waals surface area contributed by atoms with Crippen LogP contribution in [0.5, 0.6) is 11.5 Å². The van der Waals surface area contributed by atoms with Crippen molar-refractivity contribution in [3.63, 3.8) is 0 Å². The van der Waals surface area contributed by atoms with Gasteiger partial charge in [-0.3, -0.25) is 9.59 Å². The maximum atomic E-state index is 12.5. The Hall–Kier alpha value is -2.72. The molecule has 266 valence electrons. The van der Waals surface area contributed by atoms with Crippen molar-refractivity contribution in [3.05, 3.63) is 24.3 Å². The summed E-state index contributed by atoms with van der Waals surface area (Å²) in [7, 11) is 1.48. The van der Waals surface area contributed by atoms with Gasteiger partial charge in [0.2, 0.25) is 18.1 Å². The molecule has 0 aromatic heterocycles. The molecule has 3 saturated heterocycles. The lowest BCUT2D eigenvalue weighted by atomic mass is 9.93. The summed E-state index contributed by atoms with van der Waals surface area (Å²) < 4.78 is 41.1. The summed E-state index contributed by atoms with van der Waals surface area (Å²) in [4.78, 5) is 24.6. The number of hydrogen-bond donors (Lipinski definition) is 9. The lowest BCUT2D eigenvalue weighted by Gasteiger charge is -2.50. The Kier molecular flexibility index (Phi) is 12.7. The number of amides is 2. The van der Waals surface area contributed by atoms with E-state index in [-0.39, 0.29) is 5.75 Å². The Morgan fingerprint density at radius 3 is 1.81 bits per heavy atom. The zero-order valence-corrected chi connectivity index (χ0v) is 26.2. The van der Waals surface area contributed by atoms with Gasteiger partial charge in [-0.1, -0.05) is 0 Å². The average molecular weight is 677 g/mol. The molecule has 0 unspecified atom stereocenters. The van der Waals surface area contributed by atoms with Crippen LogP contribution in [-0.4, -0.2) is 160 Å². The molecule has 0 bridgehead atoms. The third-order valence-corrected chi connectivity index (χ3v) is 8.15. The van der Waals surface area contributed by atoms with Gasteiger partial charge in [0.15, 0.2) is 12.6 Å². The number of nitrogens with one attached hydrogen (secondary N) is 2. The second-order valence-corrected chi connectivity index (χ2v) is 11.6. The number of carbonyl (C=O) groups is 2. The second-order valence-electron chi connectivity index (χ2n) is 11.6. The van der Waals surface area contributed by atoms with Crippen LogP contribution in [0.4, 0.5) is 0 Å². The van der Waals surface area contributed by atoms with Gasteiger partial charge in [-0.25, -0.2) is 0 Å². The summed E-state index contributed by atoms with van der Waals surface area (Å²) in [5, 5.41) is 78.2. The number of aliphatic hydroxyl groups excluding tert-OH is 7. The minimum atomic E-state index is -1.80. The van der Waals surface area contributed by atoms with Gasteiger partial charge >= 0.3 is 0 Å². The highest BCUT2D eigenvalue weighted by Crippen LogP contribution is 2.34. The molecular formula is C29H44N2O16. The standard InChI is InChI=1S/C29H44N2O16/c1-11-20(36)23(39)24(40)29(42-11)47-26-19(31-13(3)35)28(43-15-7-5-14(41-4)6-8-15)45-17(10-33)25(26)46-27-18(30-12(2)34)22(38)21(37)16(9-32)44-27/h5-8,11,16-29,32-33,36-40H,9-10H2,1-4H3,(H,30,34)(H,31,35)/t11-,16+,17+,18+,19+,20+,21-,22+,23+,24-,25+,26+,27-,28+,29-/m0/s1. The first-order valence-electron chi connectivity index (χ1n) is 15.0. The summed E-state index contributed by atoms with van der Waals surface area (Å²) in [6.45, 7) is 2.28. The zero-order valence-electron chi connectivity index (χ0n) is 26.2. The number of aliphatic hydroxyl groups is 7. The van der Waals surface area contributed by atoms with E-state index in [0.717, 1.165) is 6.92 Å². The summed E-state index contributed by atoms with van der Waals surface area (Å²) in [6, 6.07) is 3.62. The first-order valence-corrected chi connectivity index (χ1v) is 15.0. The van der Waals surface area contributed by atoms with Gasteiger partial charge in [-0.05, 0) is 31.2 Å². The summed E-state index contributed by atoms with van der Waals surface area (Å²) >= 11 is 0. The normalized spacial score (nSPS) is 40.7. The Balaban J connectivity index is 1.75. The molecule has 18 nitrogen and oxygen atoms in total. The fourth-order valence-corrected chi connectivity index (χ4v) is 5.68. The maximum Gasteiger partial charge on any atom is 0.223 e. The molecule has 3 aliphatic heterocycles. The van der Waals surface area contributed by atoms with Crippen molar-refractivity contribution in [1.82, 2.24) is 10.6 Å². The van der Waals surface area contributed by atoms with Crippen LogP contribution < -0.4 is 20.1 Å². The van der Waals surface area contributed by atoms with Crippen LogP contribution in [0.3, 0.4) is 0 Å². The lowest BCUT2D eigenvalue weighted by molar-refractivity contribution is -0.360. The molecule has 4 rings (SSSR count). The lowest BCUT2D eigenvalue weighted by Crippen LogP contribution is -2.71. The van der Waals surface area contributed by atoms with Crippen molar-refractivity contribution < 1.29 is 78.5 Å². The average Bonchev–Trinajstić information content (AvgIpc) is 3.04. The molecule has 0 aliphatic carbocycles. The molecule has 9 N–H and O–H groups in total. The number of ether oxygens (including phenoxy) is 7. The molecule has 47 heavy (non-hydrogen) atoms. The van der Waals surface area contributed by atoms with Crippen molar-refractivity contribution in [2.75, 3.05) is 20.3 Å². The molecule has 0 radical (unpaired) electrons. The van der Waals surface area contributed by atoms with E-state index in [1.807, 2.05) is 0 Å². The van der Waals surface area contributed by atoms with Gasteiger partial charge in [-0.15, -0.1) is 0 Å². The summed E-state index contributed by atoms with van der Waals surface area (Å²) in [6.07, 6.45) is -19.6. The smallest absolute Gasteiger partial charge is 0.223 e. The van der Waals surface area contributed by atoms with Crippen LogP contribution in [0.1, 0.15) is 20.8 Å². The van der Waals surface area contributed by atoms with Gasteiger partial charge in [0.05, 0.1) is 26.4 Å². The Morgan fingerprint density at radius 2 is 1.23 bits per heavy atom. The Morgan fingerprint density at radius 1 is 0.681 bits per heavy atom. The minimum absolute atomic E-state index is 0.256. The topological polar surface area (TPSA) is 264 Å². The number of hydrogen-bond acceptors (Lipinski definition) is 16. The monoisotopic (exact) mass is 676 g/mol. The molecule has 1 aromatic carbocycles. The van der Waals surface area contributed by atoms with Crippen LogP contribution in [0.25, 0.3) is 0 Å². The van der Waals surface area contributed by atoms with Crippen LogP contribution in [-0.2, 0) is 33.3 Å². The van der Waals surface area contributed by atoms with Crippen molar-refractivity contribution >= 4 is 11.8 Å². The first-order chi connectivity index (χ1) is 22.3. The van der Waals surface area contributed by atoms with Gasteiger partial charge in [0.1, 0.15) is 78.5 Å². The predicted octanol–water partition coefficient (Wildman–Crippen LogP) is -4.16. The van der Waals surface area contributed by atoms with Crippen LogP contribution in [0.2, 0.25) is 0 Å². The van der Waals surface area contributed by atoms with Gasteiger partial charge in [0.25, 0.3) is 0 Å². The molecule has 15 atom stereocenters. The fourth-order valence-electron chi connectivity index (χ4n) is 5.68. The SMILES string of the molecule is COc1ccc(O[C@@H]2O[C@H](CO)[C@@H](O[C@@H]3O[C@H](CO)[C@H](O)[C@H](O)[C@H]3NC(C)=O)[C@H](O[C@@H]3O[C@@H](C)[C@@H](O)[C@@H](O)[C@@H]3O)[C@H]2NC(C)=O)cc1. The van der Waals surface area contributed by atoms with Crippen LogP contribution >= 0.6 is 0 Å². The fraction of sp³-hybridized carbons (Fsp3) is 0.724. The quantitative estimate of drug-likeness (QED) is 0.108. The number of rotatable bonds is 11. The van der Waals surface area contributed by atoms with E-state index in [1.165, 1.54) is 21.0 Å². The molecule has 18 heteroatoms. The highest BCUT2D eigenvalue weighted by Gasteiger charge is 2.55. The summed E-state index contributed by atoms with van der Waals surface area (Å²) in [5.41, 5.74) is 0. The maximum absolute atomic E-state index is 12.5. The van der Waals surface area contributed by atoms with E-state index in [1.54, 1.807) is 24.3 Å². The highest BCUT2D eigenvalue weighted by molar-refractivity contribution is 5.73. The highest BCUT2D eigenvalue weighted by atomic mass is 16.8. The summed E-state index contributed by atoms with van der Waals surface area (Å²) in [5.74, 6) is -0.436. The van der Waals surface area contributed by atoms with E-state index in [4.69, 9.17) is 33.2 Å². The van der Waals surface area contributed by atoms with Crippen LogP contribution in [0.15, 0.2) is 24.3 Å². The zero-order chi connectivity index (χ0) is 34.6. The van der Waals surface area contributed by atoms with Crippen molar-refractivity contribution in [2.45, 2.75) is 113 Å². The van der Waals surface area contributed by atoms with Crippen molar-refractivity contribution in [2.24, 2.45) is 0 Å². The van der Waals surface area contributed by atoms with E-state index in [0.29, 0.717) is 5.75 Å². The third-order valence-electron chi connectivity index (χ3n) is 8.15. The van der Waals surface area contributed by atoms with Crippen molar-refractivity contribution in [1.29, 1.82) is 0 Å². The van der Waals surface area contributed by atoms with Gasteiger partial charge in [-0.2, -0.15) is 0 Å². The first kappa shape index (κ1) is 37.1. The Bertz CT molecular complexity index is 1180. The van der Waals surface area contributed by atoms with E-state index in [9.17, 15) is 45.3 Å². The van der Waals surface area contributed by atoms with E-state index >= 15 is 0 Å². The minimum Gasteiger partial charge on any atom is -0.497 e. The van der Waals surface area contributed by atoms with Crippen LogP contribution in [0, 0.1) is 0 Å². The van der Waals surface area contributed by atoms with Gasteiger partial charge in [0, 0.05) is 13.8 Å².